The van der Waals surface area contributed by atoms with Crippen LogP contribution in [0.5, 0.6) is 0 Å². The topological polar surface area (TPSA) is 34.1 Å². The molecular weight excluding hydrogens is 383 g/mol. The summed E-state index contributed by atoms with van der Waals surface area (Å²) in [4.78, 5) is 16.2. The molecule has 0 spiro atoms. The minimum absolute atomic E-state index is 0. The summed E-state index contributed by atoms with van der Waals surface area (Å²) in [6.45, 7) is 0. The Balaban J connectivity index is -0.000000000444. The van der Waals surface area contributed by atoms with Gasteiger partial charge in [-0.3, -0.25) is 0 Å². The quantitative estimate of drug-likeness (QED) is 0.390. The number of rotatable bonds is 0. The summed E-state index contributed by atoms with van der Waals surface area (Å²) in [5, 5.41) is 0. The van der Waals surface area contributed by atoms with Crippen molar-refractivity contribution in [2.45, 2.75) is 0 Å². The predicted octanol–water partition coefficient (Wildman–Crippen LogP) is -25.3. The van der Waals surface area contributed by atoms with Gasteiger partial charge in [-0.15, -0.1) is 0 Å². The molecule has 0 aromatic carbocycles. The molecule has 0 fully saturated rings. The number of carbonyl (C=O) groups excluding carboxylic acids is 2. The van der Waals surface area contributed by atoms with Crippen molar-refractivity contribution in [3.05, 3.63) is 0 Å². The van der Waals surface area contributed by atoms with Gasteiger partial charge >= 0.3 is 148 Å². The normalized spacial score (nSPS) is 0.615. The molecule has 0 aliphatic carbocycles. The Morgan fingerprint density at radius 1 is 0.692 bits per heavy atom. The molecule has 0 N–H and O–H groups in total. The molecule has 0 bridgehead atoms. The van der Waals surface area contributed by atoms with Crippen LogP contribution in [-0.2, 0) is 9.59 Å². The van der Waals surface area contributed by atoms with E-state index < -0.39 is 0 Å². The fourth-order valence-electron chi connectivity index (χ4n) is 0. The van der Waals surface area contributed by atoms with Crippen LogP contribution in [0.4, 0.5) is 0 Å². The van der Waals surface area contributed by atoms with E-state index in [1.165, 1.54) is 0 Å². The Labute approximate surface area is 226 Å². The van der Waals surface area contributed by atoms with Crippen LogP contribution in [0.3, 0.4) is 0 Å². The van der Waals surface area contributed by atoms with Gasteiger partial charge in [-0.05, 0) is 0 Å². The molecular formula is CCaCl6KMgNaO2. The molecule has 0 rings (SSSR count). The van der Waals surface area contributed by atoms with Gasteiger partial charge in [0.25, 0.3) is 0 Å². The van der Waals surface area contributed by atoms with Crippen molar-refractivity contribution in [1.29, 1.82) is 0 Å². The maximum atomic E-state index is 8.12. The molecule has 0 atom stereocenters. The monoisotopic (exact) mass is 380 g/mol. The predicted molar refractivity (Wildman–Crippen MR) is 16.5 cm³/mol. The standard InChI is InChI=1S/CO2.Ca.6ClH.K.Mg.Na/c2-1-3;;;;;;;;;;/h;;6*1H;;;/q;+2;;;;;;;+1;+2;+1/p-6. The van der Waals surface area contributed by atoms with Crippen LogP contribution in [0.15, 0.2) is 0 Å². The van der Waals surface area contributed by atoms with Gasteiger partial charge in [0.2, 0.25) is 0 Å². The van der Waals surface area contributed by atoms with E-state index in [4.69, 9.17) is 9.59 Å². The SMILES string of the molecule is O=C=O.[Ca+2].[Cl-].[Cl-].[Cl-].[Cl-].[Cl-].[Cl-].[K+].[Mg+2].[Na+]. The van der Waals surface area contributed by atoms with Crippen LogP contribution < -0.4 is 155 Å². The molecule has 13 heavy (non-hydrogen) atoms. The van der Waals surface area contributed by atoms with E-state index >= 15 is 0 Å². The number of halogens is 6. The fraction of sp³-hybridized carbons (Fsp3) is 0. The van der Waals surface area contributed by atoms with Crippen molar-refractivity contribution in [3.63, 3.8) is 0 Å². The second kappa shape index (κ2) is 109. The summed E-state index contributed by atoms with van der Waals surface area (Å²) in [5.41, 5.74) is 0. The van der Waals surface area contributed by atoms with E-state index in [-0.39, 0.29) is 222 Å². The first-order valence-electron chi connectivity index (χ1n) is 0.408. The Kier molecular flexibility index (Phi) is 821. The minimum atomic E-state index is 0. The molecule has 0 radical (unpaired) electrons. The zero-order chi connectivity index (χ0) is 2.71. The molecule has 0 saturated heterocycles. The van der Waals surface area contributed by atoms with Crippen molar-refractivity contribution in [1.82, 2.24) is 0 Å². The van der Waals surface area contributed by atoms with Crippen LogP contribution >= 0.6 is 0 Å². The Morgan fingerprint density at radius 2 is 0.692 bits per heavy atom. The average Bonchev–Trinajstić information content (AvgIpc) is 0.918. The van der Waals surface area contributed by atoms with Crippen molar-refractivity contribution >= 4 is 66.9 Å². The second-order valence-corrected chi connectivity index (χ2v) is 0.0833. The number of hydrogen-bond donors (Lipinski definition) is 0. The van der Waals surface area contributed by atoms with Crippen molar-refractivity contribution < 1.29 is 165 Å². The van der Waals surface area contributed by atoms with E-state index in [1.807, 2.05) is 0 Å². The largest absolute Gasteiger partial charge is 2.00 e. The summed E-state index contributed by atoms with van der Waals surface area (Å²) in [5.74, 6) is 0. The molecule has 0 aromatic heterocycles. The van der Waals surface area contributed by atoms with E-state index in [9.17, 15) is 0 Å². The summed E-state index contributed by atoms with van der Waals surface area (Å²) < 4.78 is 0. The maximum Gasteiger partial charge on any atom is 2.00 e. The van der Waals surface area contributed by atoms with Gasteiger partial charge in [-0.1, -0.05) is 0 Å². The zero-order valence-electron chi connectivity index (χ0n) is 7.00. The molecule has 0 unspecified atom stereocenters. The van der Waals surface area contributed by atoms with Gasteiger partial charge in [-0.25, -0.2) is 0 Å². The van der Waals surface area contributed by atoms with Gasteiger partial charge in [0.1, 0.15) is 0 Å². The van der Waals surface area contributed by atoms with Crippen molar-refractivity contribution in [2.24, 2.45) is 0 Å². The molecule has 0 aliphatic heterocycles. The molecule has 64 valence electrons. The van der Waals surface area contributed by atoms with Crippen LogP contribution in [0, 0.1) is 0 Å². The van der Waals surface area contributed by atoms with Crippen LogP contribution in [0.25, 0.3) is 0 Å². The molecule has 0 aliphatic rings. The van der Waals surface area contributed by atoms with Crippen LogP contribution in [-0.4, -0.2) is 66.9 Å². The second-order valence-electron chi connectivity index (χ2n) is 0.0833. The van der Waals surface area contributed by atoms with E-state index in [2.05, 4.69) is 0 Å². The number of hydrogen-bond acceptors (Lipinski definition) is 2. The van der Waals surface area contributed by atoms with Crippen LogP contribution in [0.1, 0.15) is 0 Å². The van der Waals surface area contributed by atoms with Gasteiger partial charge in [0.15, 0.2) is 0 Å². The first-order chi connectivity index (χ1) is 1.41. The smallest absolute Gasteiger partial charge is 1.00 e. The van der Waals surface area contributed by atoms with Gasteiger partial charge in [-0.2, -0.15) is 9.59 Å². The van der Waals surface area contributed by atoms with Crippen molar-refractivity contribution in [3.8, 4) is 0 Å². The summed E-state index contributed by atoms with van der Waals surface area (Å²) in [6.07, 6.45) is 0.250. The van der Waals surface area contributed by atoms with Gasteiger partial charge < -0.3 is 74.4 Å². The Bertz CT molecular complexity index is 51.6. The third-order valence-electron chi connectivity index (χ3n) is 0. The van der Waals surface area contributed by atoms with Gasteiger partial charge in [0.05, 0.1) is 0 Å². The Hall–Kier alpha value is 5.78. The molecule has 0 saturated carbocycles. The maximum absolute atomic E-state index is 8.12. The summed E-state index contributed by atoms with van der Waals surface area (Å²) in [6, 6.07) is 0. The third kappa shape index (κ3) is 132. The summed E-state index contributed by atoms with van der Waals surface area (Å²) in [7, 11) is 0. The molecule has 12 heteroatoms. The molecule has 2 nitrogen and oxygen atoms in total. The summed E-state index contributed by atoms with van der Waals surface area (Å²) >= 11 is 0. The molecule has 0 aromatic rings. The fourth-order valence-corrected chi connectivity index (χ4v) is 0. The molecule has 0 amide bonds. The first-order valence-corrected chi connectivity index (χ1v) is 0.408. The van der Waals surface area contributed by atoms with Crippen LogP contribution in [0.2, 0.25) is 0 Å². The average molecular weight is 383 g/mol. The zero-order valence-corrected chi connectivity index (χ0v) is 20.3. The van der Waals surface area contributed by atoms with E-state index in [0.717, 1.165) is 0 Å². The van der Waals surface area contributed by atoms with Gasteiger partial charge in [0, 0.05) is 0 Å². The Morgan fingerprint density at radius 3 is 0.692 bits per heavy atom. The van der Waals surface area contributed by atoms with Crippen molar-refractivity contribution in [2.75, 3.05) is 0 Å². The van der Waals surface area contributed by atoms with E-state index in [1.54, 1.807) is 0 Å². The third-order valence-corrected chi connectivity index (χ3v) is 0. The first kappa shape index (κ1) is 98.1. The molecule has 0 heterocycles. The van der Waals surface area contributed by atoms with E-state index in [0.29, 0.717) is 0 Å². The minimum Gasteiger partial charge on any atom is -1.00 e.